The Morgan fingerprint density at radius 3 is 2.08 bits per heavy atom. The zero-order valence-electron chi connectivity index (χ0n) is 6.47. The van der Waals surface area contributed by atoms with Gasteiger partial charge in [-0.05, 0) is 12.3 Å². The van der Waals surface area contributed by atoms with E-state index in [0.29, 0.717) is 11.8 Å². The quantitative estimate of drug-likeness (QED) is 0.437. The molecule has 12 heavy (non-hydrogen) atoms. The van der Waals surface area contributed by atoms with Crippen molar-refractivity contribution in [2.45, 2.75) is 30.8 Å². The maximum absolute atomic E-state index is 9.37. The van der Waals surface area contributed by atoms with Gasteiger partial charge in [-0.15, -0.1) is 0 Å². The molecule has 72 valence electrons. The molecule has 1 aliphatic rings. The fourth-order valence-corrected chi connectivity index (χ4v) is 2.10. The predicted molar refractivity (Wildman–Crippen MR) is 45.9 cm³/mol. The summed E-state index contributed by atoms with van der Waals surface area (Å²) in [6.07, 6.45) is -4.05. The molecule has 1 saturated carbocycles. The molecule has 5 heteroatoms. The Bertz CT molecular complexity index is 150. The minimum absolute atomic E-state index is 0.196. The van der Waals surface area contributed by atoms with Crippen LogP contribution in [0.3, 0.4) is 0 Å². The SMILES string of the molecule is OC1[C@H](O)[C@H](CBr)C[C@H](O)[C@H]1O. The first-order chi connectivity index (χ1) is 5.57. The van der Waals surface area contributed by atoms with Gasteiger partial charge in [-0.1, -0.05) is 15.9 Å². The zero-order valence-corrected chi connectivity index (χ0v) is 8.05. The molecular weight excluding hydrogens is 228 g/mol. The molecule has 4 nitrogen and oxygen atoms in total. The van der Waals surface area contributed by atoms with E-state index in [1.165, 1.54) is 0 Å². The van der Waals surface area contributed by atoms with Crippen LogP contribution in [-0.2, 0) is 0 Å². The van der Waals surface area contributed by atoms with Crippen molar-refractivity contribution in [3.05, 3.63) is 0 Å². The zero-order chi connectivity index (χ0) is 9.30. The minimum Gasteiger partial charge on any atom is -0.390 e. The number of rotatable bonds is 1. The number of hydrogen-bond donors (Lipinski definition) is 4. The van der Waals surface area contributed by atoms with Crippen molar-refractivity contribution in [2.24, 2.45) is 5.92 Å². The van der Waals surface area contributed by atoms with Crippen molar-refractivity contribution in [2.75, 3.05) is 5.33 Å². The second kappa shape index (κ2) is 4.02. The van der Waals surface area contributed by atoms with E-state index >= 15 is 0 Å². The molecule has 0 amide bonds. The van der Waals surface area contributed by atoms with Crippen LogP contribution in [0, 0.1) is 5.92 Å². The Morgan fingerprint density at radius 1 is 1.00 bits per heavy atom. The lowest BCUT2D eigenvalue weighted by atomic mass is 9.82. The summed E-state index contributed by atoms with van der Waals surface area (Å²) in [5.41, 5.74) is 0. The Kier molecular flexibility index (Phi) is 3.48. The average molecular weight is 241 g/mol. The van der Waals surface area contributed by atoms with Gasteiger partial charge in [0.2, 0.25) is 0 Å². The summed E-state index contributed by atoms with van der Waals surface area (Å²) in [5.74, 6) is -0.196. The van der Waals surface area contributed by atoms with E-state index < -0.39 is 24.4 Å². The molecule has 0 bridgehead atoms. The third-order valence-electron chi connectivity index (χ3n) is 2.32. The summed E-state index contributed by atoms with van der Waals surface area (Å²) >= 11 is 3.16. The van der Waals surface area contributed by atoms with Crippen LogP contribution in [-0.4, -0.2) is 50.2 Å². The van der Waals surface area contributed by atoms with Crippen molar-refractivity contribution < 1.29 is 20.4 Å². The van der Waals surface area contributed by atoms with Gasteiger partial charge in [0.1, 0.15) is 12.2 Å². The monoisotopic (exact) mass is 240 g/mol. The van der Waals surface area contributed by atoms with Crippen LogP contribution in [0.5, 0.6) is 0 Å². The fraction of sp³-hybridized carbons (Fsp3) is 1.00. The van der Waals surface area contributed by atoms with E-state index in [2.05, 4.69) is 15.9 Å². The summed E-state index contributed by atoms with van der Waals surface area (Å²) < 4.78 is 0. The lowest BCUT2D eigenvalue weighted by Gasteiger charge is -2.37. The van der Waals surface area contributed by atoms with E-state index in [0.717, 1.165) is 0 Å². The third kappa shape index (κ3) is 1.80. The maximum atomic E-state index is 9.37. The number of hydrogen-bond acceptors (Lipinski definition) is 4. The summed E-state index contributed by atoms with van der Waals surface area (Å²) in [6.45, 7) is 0. The number of halogens is 1. The second-order valence-electron chi connectivity index (χ2n) is 3.19. The van der Waals surface area contributed by atoms with Crippen LogP contribution in [0.15, 0.2) is 0 Å². The molecule has 0 aromatic carbocycles. The molecule has 1 fully saturated rings. The van der Waals surface area contributed by atoms with Gasteiger partial charge in [-0.25, -0.2) is 0 Å². The van der Waals surface area contributed by atoms with E-state index in [-0.39, 0.29) is 5.92 Å². The molecule has 1 rings (SSSR count). The molecule has 1 unspecified atom stereocenters. The van der Waals surface area contributed by atoms with Gasteiger partial charge in [-0.2, -0.15) is 0 Å². The van der Waals surface area contributed by atoms with Crippen LogP contribution < -0.4 is 0 Å². The predicted octanol–water partition coefficient (Wildman–Crippen LogP) is -1.16. The lowest BCUT2D eigenvalue weighted by molar-refractivity contribution is -0.153. The molecule has 0 radical (unpaired) electrons. The van der Waals surface area contributed by atoms with Crippen molar-refractivity contribution in [3.8, 4) is 0 Å². The van der Waals surface area contributed by atoms with Gasteiger partial charge in [0, 0.05) is 5.33 Å². The Morgan fingerprint density at radius 2 is 1.58 bits per heavy atom. The van der Waals surface area contributed by atoms with Crippen molar-refractivity contribution in [1.82, 2.24) is 0 Å². The summed E-state index contributed by atoms with van der Waals surface area (Å²) in [6, 6.07) is 0. The van der Waals surface area contributed by atoms with Crippen molar-refractivity contribution in [3.63, 3.8) is 0 Å². The van der Waals surface area contributed by atoms with Gasteiger partial charge in [0.05, 0.1) is 12.2 Å². The third-order valence-corrected chi connectivity index (χ3v) is 3.15. The standard InChI is InChI=1S/C7H13BrO4/c8-2-3-1-4(9)6(11)7(12)5(3)10/h3-7,9-12H,1-2H2/t3-,4-,5+,6+,7?/m0/s1. The van der Waals surface area contributed by atoms with Gasteiger partial charge >= 0.3 is 0 Å². The van der Waals surface area contributed by atoms with Crippen LogP contribution in [0.2, 0.25) is 0 Å². The van der Waals surface area contributed by atoms with Gasteiger partial charge in [0.15, 0.2) is 0 Å². The normalized spacial score (nSPS) is 49.2. The lowest BCUT2D eigenvalue weighted by Crippen LogP contribution is -2.53. The molecule has 5 atom stereocenters. The van der Waals surface area contributed by atoms with E-state index in [9.17, 15) is 15.3 Å². The summed E-state index contributed by atoms with van der Waals surface area (Å²) in [4.78, 5) is 0. The van der Waals surface area contributed by atoms with Crippen LogP contribution in [0.4, 0.5) is 0 Å². The molecule has 0 spiro atoms. The molecule has 0 aromatic rings. The topological polar surface area (TPSA) is 80.9 Å². The number of aliphatic hydroxyl groups is 4. The van der Waals surface area contributed by atoms with Gasteiger partial charge in [0.25, 0.3) is 0 Å². The highest BCUT2D eigenvalue weighted by molar-refractivity contribution is 9.09. The van der Waals surface area contributed by atoms with Gasteiger partial charge < -0.3 is 20.4 Å². The van der Waals surface area contributed by atoms with Crippen LogP contribution in [0.25, 0.3) is 0 Å². The van der Waals surface area contributed by atoms with Crippen molar-refractivity contribution in [1.29, 1.82) is 0 Å². The number of aliphatic hydroxyl groups excluding tert-OH is 4. The largest absolute Gasteiger partial charge is 0.390 e. The summed E-state index contributed by atoms with van der Waals surface area (Å²) in [7, 11) is 0. The van der Waals surface area contributed by atoms with Crippen LogP contribution in [0.1, 0.15) is 6.42 Å². The highest BCUT2D eigenvalue weighted by atomic mass is 79.9. The molecular formula is C7H13BrO4. The smallest absolute Gasteiger partial charge is 0.109 e. The van der Waals surface area contributed by atoms with Crippen LogP contribution >= 0.6 is 15.9 Å². The van der Waals surface area contributed by atoms with E-state index in [4.69, 9.17) is 5.11 Å². The highest BCUT2D eigenvalue weighted by Gasteiger charge is 2.41. The Labute approximate surface area is 79.0 Å². The van der Waals surface area contributed by atoms with E-state index in [1.807, 2.05) is 0 Å². The molecule has 4 N–H and O–H groups in total. The minimum atomic E-state index is -1.24. The molecule has 0 saturated heterocycles. The first-order valence-corrected chi connectivity index (χ1v) is 4.98. The fourth-order valence-electron chi connectivity index (χ4n) is 1.45. The maximum Gasteiger partial charge on any atom is 0.109 e. The summed E-state index contributed by atoms with van der Waals surface area (Å²) in [5, 5.41) is 37.5. The first-order valence-electron chi connectivity index (χ1n) is 3.86. The first kappa shape index (κ1) is 10.4. The highest BCUT2D eigenvalue weighted by Crippen LogP contribution is 2.26. The van der Waals surface area contributed by atoms with Crippen molar-refractivity contribution >= 4 is 15.9 Å². The Balaban J connectivity index is 2.63. The van der Waals surface area contributed by atoms with E-state index in [1.54, 1.807) is 0 Å². The molecule has 0 heterocycles. The average Bonchev–Trinajstić information content (AvgIpc) is 2.08. The molecule has 1 aliphatic carbocycles. The number of alkyl halides is 1. The Hall–Kier alpha value is 0.320. The second-order valence-corrected chi connectivity index (χ2v) is 3.84. The molecule has 0 aromatic heterocycles. The molecule has 0 aliphatic heterocycles. The van der Waals surface area contributed by atoms with Gasteiger partial charge in [-0.3, -0.25) is 0 Å².